The highest BCUT2D eigenvalue weighted by molar-refractivity contribution is 6.39. The molecule has 4 heterocycles. The maximum atomic E-state index is 14.5. The summed E-state index contributed by atoms with van der Waals surface area (Å²) >= 11 is 0. The largest absolute Gasteiger partial charge is 0.460 e. The molecule has 4 aliphatic heterocycles. The monoisotopic (exact) mass is 1040 g/mol. The Balaban J connectivity index is 1.31. The number of esters is 1. The molecule has 0 aromatic carbocycles. The lowest BCUT2D eigenvalue weighted by molar-refractivity contribution is -0.266. The molecule has 0 radical (unpaired) electrons. The van der Waals surface area contributed by atoms with Crippen molar-refractivity contribution >= 4 is 29.2 Å². The van der Waals surface area contributed by atoms with Crippen molar-refractivity contribution < 1.29 is 77.6 Å². The summed E-state index contributed by atoms with van der Waals surface area (Å²) in [4.78, 5) is 72.3. The van der Waals surface area contributed by atoms with E-state index in [-0.39, 0.29) is 74.4 Å². The third kappa shape index (κ3) is 15.4. The van der Waals surface area contributed by atoms with Crippen molar-refractivity contribution in [2.24, 2.45) is 35.5 Å². The first-order chi connectivity index (χ1) is 35.1. The second-order valence-electron chi connectivity index (χ2n) is 22.2. The Hall–Kier alpha value is -3.49. The van der Waals surface area contributed by atoms with Gasteiger partial charge in [-0.1, -0.05) is 71.6 Å². The van der Waals surface area contributed by atoms with E-state index in [0.717, 1.165) is 5.57 Å². The van der Waals surface area contributed by atoms with Crippen LogP contribution in [0.25, 0.3) is 0 Å². The average molecular weight is 1040 g/mol. The van der Waals surface area contributed by atoms with Gasteiger partial charge in [-0.15, -0.1) is 0 Å². The van der Waals surface area contributed by atoms with Crippen LogP contribution in [0.15, 0.2) is 48.1 Å². The first-order valence-electron chi connectivity index (χ1n) is 27.2. The lowest BCUT2D eigenvalue weighted by Gasteiger charge is -2.43. The Bertz CT molecular complexity index is 2000. The molecule has 1 amide bonds. The summed E-state index contributed by atoms with van der Waals surface area (Å²) in [5.41, 5.74) is 1.18. The van der Waals surface area contributed by atoms with Crippen molar-refractivity contribution in [3.8, 4) is 0 Å². The van der Waals surface area contributed by atoms with Crippen LogP contribution in [0.1, 0.15) is 132 Å². The molecule has 17 heteroatoms. The Kier molecular flexibility index (Phi) is 23.4. The smallest absolute Gasteiger partial charge is 0.329 e. The number of nitrogens with zero attached hydrogens (tertiary/aromatic N) is 1. The fraction of sp³-hybridized carbons (Fsp3) is 0.772. The third-order valence-corrected chi connectivity index (χ3v) is 16.4. The minimum atomic E-state index is -2.52. The van der Waals surface area contributed by atoms with Crippen LogP contribution < -0.4 is 0 Å². The number of hydrogen-bond donors (Lipinski definition) is 4. The number of methoxy groups -OCH3 is 2. The highest BCUT2D eigenvalue weighted by Crippen LogP contribution is 2.39. The highest BCUT2D eigenvalue weighted by atomic mass is 16.6. The van der Waals surface area contributed by atoms with Gasteiger partial charge in [0.1, 0.15) is 54.6 Å². The number of hydrogen-bond acceptors (Lipinski definition) is 16. The molecule has 418 valence electrons. The van der Waals surface area contributed by atoms with Gasteiger partial charge in [0, 0.05) is 51.4 Å². The molecular formula is C57H89NO16. The molecule has 4 saturated heterocycles. The minimum Gasteiger partial charge on any atom is -0.460 e. The van der Waals surface area contributed by atoms with Gasteiger partial charge < -0.3 is 58.5 Å². The van der Waals surface area contributed by atoms with Gasteiger partial charge in [0.15, 0.2) is 5.78 Å². The Labute approximate surface area is 439 Å². The van der Waals surface area contributed by atoms with E-state index in [2.05, 4.69) is 6.58 Å². The number of amides is 1. The lowest BCUT2D eigenvalue weighted by atomic mass is 9.78. The van der Waals surface area contributed by atoms with Gasteiger partial charge in [-0.2, -0.15) is 0 Å². The molecule has 0 unspecified atom stereocenters. The molecule has 0 aromatic heterocycles. The van der Waals surface area contributed by atoms with Crippen molar-refractivity contribution in [3.05, 3.63) is 48.1 Å². The Morgan fingerprint density at radius 3 is 2.28 bits per heavy atom. The molecule has 0 spiro atoms. The predicted molar refractivity (Wildman–Crippen MR) is 275 cm³/mol. The van der Waals surface area contributed by atoms with Crippen molar-refractivity contribution in [3.63, 3.8) is 0 Å². The first kappa shape index (κ1) is 61.4. The maximum absolute atomic E-state index is 14.5. The molecule has 1 saturated carbocycles. The molecular weight excluding hydrogens is 955 g/mol. The molecule has 17 nitrogen and oxygen atoms in total. The predicted octanol–water partition coefficient (Wildman–Crippen LogP) is 5.71. The molecule has 5 rings (SSSR count). The van der Waals surface area contributed by atoms with E-state index >= 15 is 0 Å². The van der Waals surface area contributed by atoms with Gasteiger partial charge in [0.2, 0.25) is 5.79 Å². The van der Waals surface area contributed by atoms with Crippen molar-refractivity contribution in [1.29, 1.82) is 0 Å². The van der Waals surface area contributed by atoms with Crippen LogP contribution in [0, 0.1) is 35.5 Å². The van der Waals surface area contributed by atoms with Gasteiger partial charge in [-0.25, -0.2) is 4.79 Å². The number of carbonyl (C=O) groups is 5. The first-order valence-corrected chi connectivity index (χ1v) is 27.2. The summed E-state index contributed by atoms with van der Waals surface area (Å²) in [5, 5.41) is 44.4. The van der Waals surface area contributed by atoms with E-state index in [9.17, 15) is 44.4 Å². The van der Waals surface area contributed by atoms with Crippen molar-refractivity contribution in [2.45, 2.75) is 211 Å². The maximum Gasteiger partial charge on any atom is 0.329 e. The third-order valence-electron chi connectivity index (χ3n) is 16.4. The van der Waals surface area contributed by atoms with Crippen LogP contribution in [-0.4, -0.2) is 168 Å². The Morgan fingerprint density at radius 1 is 0.892 bits per heavy atom. The quantitative estimate of drug-likeness (QED) is 0.0351. The fourth-order valence-electron chi connectivity index (χ4n) is 11.8. The number of likely N-dealkylation sites (tertiary alicyclic amines) is 1. The summed E-state index contributed by atoms with van der Waals surface area (Å²) < 4.78 is 41.8. The van der Waals surface area contributed by atoms with Gasteiger partial charge >= 0.3 is 5.97 Å². The van der Waals surface area contributed by atoms with Crippen LogP contribution in [0.3, 0.4) is 0 Å². The average Bonchev–Trinajstić information content (AvgIpc) is 3.96. The molecule has 1 aliphatic carbocycles. The van der Waals surface area contributed by atoms with E-state index in [4.69, 9.17) is 33.2 Å². The normalized spacial score (nSPS) is 33.2. The number of fused-ring (bicyclic) bond motifs is 1. The molecule has 19 atom stereocenters. The second kappa shape index (κ2) is 28.2. The number of allylic oxidation sites excluding steroid dienone is 5. The summed E-state index contributed by atoms with van der Waals surface area (Å²) in [6.07, 6.45) is 6.05. The molecule has 5 aliphatic rings. The number of piperidine rings is 1. The fourth-order valence-corrected chi connectivity index (χ4v) is 11.8. The van der Waals surface area contributed by atoms with Crippen molar-refractivity contribution in [2.75, 3.05) is 34.0 Å². The number of aliphatic hydroxyl groups excluding tert-OH is 3. The zero-order valence-electron chi connectivity index (χ0n) is 45.7. The number of ether oxygens (including phenoxy) is 7. The van der Waals surface area contributed by atoms with E-state index in [1.807, 2.05) is 46.8 Å². The van der Waals surface area contributed by atoms with Gasteiger partial charge in [0.25, 0.3) is 11.7 Å². The van der Waals surface area contributed by atoms with Gasteiger partial charge in [-0.05, 0) is 114 Å². The second-order valence-corrected chi connectivity index (χ2v) is 22.2. The number of aliphatic hydroxyl groups is 4. The zero-order chi connectivity index (χ0) is 54.6. The lowest BCUT2D eigenvalue weighted by Crippen LogP contribution is -2.61. The number of carbonyl (C=O) groups excluding carboxylic acids is 5. The standard InChI is InChI=1S/C57H89NO16/c1-12-16-32(3)24-36(7)49(62)53(69-11)50(63)37(8)25-34(5)43(60)29-46(35(6)26-39-20-22-42(59)47(27-39)68-10)73-56(66)41-18-14-15-23-58(41)55(65)54(64)57(67)38(9)19-21-40(74-57)28-45(33(4)17-13-2)72-48-31-71-51-44(61)30-70-52(48)51/h12-13,16-17,25,32,34-36,38-42,44-48,50-53,59,61,63,67H,2,14-15,18-24,26-31H2,1,3-11H3/b16-12+,33-17+,37-25+/t32-,34-,35-,36-,38-,39+,40+,41+,42-,44-,45-,46+,47-,48-,50-,51-,52-,53+,57-/m1/s1. The number of rotatable bonds is 26. The molecule has 4 N–H and O–H groups in total. The van der Waals surface area contributed by atoms with Crippen LogP contribution in [-0.2, 0) is 57.1 Å². The summed E-state index contributed by atoms with van der Waals surface area (Å²) in [5.74, 6) is -8.15. The van der Waals surface area contributed by atoms with E-state index in [0.29, 0.717) is 63.4 Å². The topological polar surface area (TPSA) is 234 Å². The minimum absolute atomic E-state index is 0.0476. The Morgan fingerprint density at radius 2 is 1.61 bits per heavy atom. The summed E-state index contributed by atoms with van der Waals surface area (Å²) in [6.45, 7) is 18.7. The van der Waals surface area contributed by atoms with Gasteiger partial charge in [0.05, 0.1) is 37.6 Å². The zero-order valence-corrected chi connectivity index (χ0v) is 45.7. The van der Waals surface area contributed by atoms with Crippen LogP contribution >= 0.6 is 0 Å². The van der Waals surface area contributed by atoms with Gasteiger partial charge in [-0.3, -0.25) is 19.2 Å². The summed E-state index contributed by atoms with van der Waals surface area (Å²) in [7, 11) is 2.93. The molecule has 5 fully saturated rings. The van der Waals surface area contributed by atoms with E-state index < -0.39 is 108 Å². The van der Waals surface area contributed by atoms with Crippen LogP contribution in [0.4, 0.5) is 0 Å². The summed E-state index contributed by atoms with van der Waals surface area (Å²) in [6, 6.07) is -1.19. The van der Waals surface area contributed by atoms with E-state index in [1.165, 1.54) is 12.0 Å². The van der Waals surface area contributed by atoms with Crippen LogP contribution in [0.2, 0.25) is 0 Å². The van der Waals surface area contributed by atoms with E-state index in [1.54, 1.807) is 46.1 Å². The number of Topliss-reactive ketones (excluding diaryl/α,β-unsaturated/α-hetero) is 3. The van der Waals surface area contributed by atoms with Crippen LogP contribution in [0.5, 0.6) is 0 Å². The molecule has 0 bridgehead atoms. The highest BCUT2D eigenvalue weighted by Gasteiger charge is 2.54. The number of ketones is 3. The van der Waals surface area contributed by atoms with Crippen molar-refractivity contribution in [1.82, 2.24) is 4.90 Å². The SMILES string of the molecule is C=C/C=C(\C)[C@@H](C[C@@H]1CC[C@@H](C)[C@](O)(C(=O)C(=O)N2CCCC[C@H]2C(=O)O[C@@H](CC(=O)[C@H](C)/C=C(\C)[C@@H](O)[C@@H](OC)C(=O)[C@H](C)C[C@H](C)/C=C/C)[C@H](C)C[C@@H]2CC[C@@H](O)[C@H](OC)C2)O1)O[C@@H]1CO[C@H]2[C@@H]1OC[C@H]2O. The molecule has 0 aromatic rings. The molecule has 74 heavy (non-hydrogen) atoms.